The molecule has 1 heteroatoms. The molecule has 1 nitrogen and oxygen atoms in total. The van der Waals surface area contributed by atoms with Gasteiger partial charge in [-0.1, -0.05) is 24.5 Å². The van der Waals surface area contributed by atoms with Crippen LogP contribution in [0.15, 0.2) is 11.6 Å². The van der Waals surface area contributed by atoms with Gasteiger partial charge < -0.3 is 6.15 Å². The smallest absolute Gasteiger partial charge is 0.0203 e. The topological polar surface area (TPSA) is 35.0 Å². The second kappa shape index (κ2) is 4.66. The van der Waals surface area contributed by atoms with Crippen LogP contribution in [0.4, 0.5) is 0 Å². The number of fused-ring (bicyclic) bond motifs is 1. The van der Waals surface area contributed by atoms with Gasteiger partial charge >= 0.3 is 0 Å². The third kappa shape index (κ3) is 2.10. The predicted octanol–water partition coefficient (Wildman–Crippen LogP) is 3.84. The minimum Gasteiger partial charge on any atom is -0.344 e. The lowest BCUT2D eigenvalue weighted by Gasteiger charge is -2.21. The first kappa shape index (κ1) is 9.79. The third-order valence-electron chi connectivity index (χ3n) is 3.21. The molecule has 2 rings (SSSR count). The van der Waals surface area contributed by atoms with Gasteiger partial charge in [0.05, 0.1) is 0 Å². The van der Waals surface area contributed by atoms with E-state index in [2.05, 4.69) is 6.08 Å². The highest BCUT2D eigenvalue weighted by atomic mass is 14.2. The summed E-state index contributed by atoms with van der Waals surface area (Å²) in [5, 5.41) is 0. The first-order valence-corrected chi connectivity index (χ1v) is 5.16. The summed E-state index contributed by atoms with van der Waals surface area (Å²) in [6.45, 7) is 0. The van der Waals surface area contributed by atoms with Gasteiger partial charge in [-0.3, -0.25) is 0 Å². The largest absolute Gasteiger partial charge is 0.344 e. The number of allylic oxidation sites excluding steroid dienone is 2. The summed E-state index contributed by atoms with van der Waals surface area (Å²) in [6, 6.07) is 0. The summed E-state index contributed by atoms with van der Waals surface area (Å²) in [6.07, 6.45) is 14.2. The van der Waals surface area contributed by atoms with Crippen molar-refractivity contribution < 1.29 is 0 Å². The third-order valence-corrected chi connectivity index (χ3v) is 3.21. The summed E-state index contributed by atoms with van der Waals surface area (Å²) in [7, 11) is 0. The highest BCUT2D eigenvalue weighted by molar-refractivity contribution is 5.10. The molecule has 1 fully saturated rings. The molecule has 0 aliphatic heterocycles. The molecule has 0 radical (unpaired) electrons. The van der Waals surface area contributed by atoms with Crippen molar-refractivity contribution in [2.24, 2.45) is 5.92 Å². The zero-order valence-corrected chi connectivity index (χ0v) is 8.02. The number of hydrogen-bond donors (Lipinski definition) is 1. The van der Waals surface area contributed by atoms with Gasteiger partial charge in [-0.25, -0.2) is 0 Å². The van der Waals surface area contributed by atoms with Crippen LogP contribution in [0, 0.1) is 5.92 Å². The van der Waals surface area contributed by atoms with Gasteiger partial charge in [-0.2, -0.15) is 0 Å². The minimum absolute atomic E-state index is 0. The van der Waals surface area contributed by atoms with Crippen molar-refractivity contribution in [3.63, 3.8) is 0 Å². The van der Waals surface area contributed by atoms with Gasteiger partial charge in [-0.15, -0.1) is 0 Å². The summed E-state index contributed by atoms with van der Waals surface area (Å²) in [5.41, 5.74) is 1.81. The van der Waals surface area contributed by atoms with E-state index >= 15 is 0 Å². The molecule has 2 aliphatic carbocycles. The molecule has 1 saturated carbocycles. The van der Waals surface area contributed by atoms with Crippen molar-refractivity contribution in [2.45, 2.75) is 51.4 Å². The summed E-state index contributed by atoms with van der Waals surface area (Å²) in [5.74, 6) is 1.01. The van der Waals surface area contributed by atoms with E-state index in [0.717, 1.165) is 5.92 Å². The van der Waals surface area contributed by atoms with E-state index in [1.54, 1.807) is 0 Å². The van der Waals surface area contributed by atoms with Gasteiger partial charge in [0, 0.05) is 0 Å². The minimum atomic E-state index is 0. The van der Waals surface area contributed by atoms with Crippen LogP contribution in [-0.4, -0.2) is 0 Å². The monoisotopic (exact) mass is 167 g/mol. The summed E-state index contributed by atoms with van der Waals surface area (Å²) in [4.78, 5) is 0. The molecular formula is C11H21N. The Morgan fingerprint density at radius 1 is 1.00 bits per heavy atom. The molecule has 1 atom stereocenters. The van der Waals surface area contributed by atoms with Crippen molar-refractivity contribution >= 4 is 0 Å². The normalized spacial score (nSPS) is 29.3. The van der Waals surface area contributed by atoms with Crippen molar-refractivity contribution in [1.82, 2.24) is 6.15 Å². The van der Waals surface area contributed by atoms with Crippen LogP contribution in [0.25, 0.3) is 0 Å². The van der Waals surface area contributed by atoms with E-state index in [0.29, 0.717) is 0 Å². The molecular weight excluding hydrogens is 146 g/mol. The van der Waals surface area contributed by atoms with Gasteiger partial charge in [0.15, 0.2) is 0 Å². The van der Waals surface area contributed by atoms with E-state index in [1.165, 1.54) is 51.4 Å². The van der Waals surface area contributed by atoms with Crippen molar-refractivity contribution in [1.29, 1.82) is 0 Å². The fourth-order valence-electron chi connectivity index (χ4n) is 2.54. The Bertz CT molecular complexity index is 160. The van der Waals surface area contributed by atoms with Gasteiger partial charge in [0.2, 0.25) is 0 Å². The lowest BCUT2D eigenvalue weighted by atomic mass is 9.85. The average Bonchev–Trinajstić information content (AvgIpc) is 2.28. The molecule has 0 amide bonds. The fraction of sp³-hybridized carbons (Fsp3) is 0.818. The Balaban J connectivity index is 0.000000720. The fourth-order valence-corrected chi connectivity index (χ4v) is 2.54. The highest BCUT2D eigenvalue weighted by Gasteiger charge is 2.18. The van der Waals surface area contributed by atoms with E-state index in [-0.39, 0.29) is 6.15 Å². The SMILES string of the molecule is C1=C2CCCCCC2CCC1.N. The van der Waals surface area contributed by atoms with Crippen molar-refractivity contribution in [3.05, 3.63) is 11.6 Å². The van der Waals surface area contributed by atoms with Crippen LogP contribution >= 0.6 is 0 Å². The second-order valence-corrected chi connectivity index (χ2v) is 4.01. The molecule has 0 bridgehead atoms. The Morgan fingerprint density at radius 3 is 2.75 bits per heavy atom. The Hall–Kier alpha value is -0.300. The lowest BCUT2D eigenvalue weighted by Crippen LogP contribution is -2.06. The first-order valence-electron chi connectivity index (χ1n) is 5.16. The zero-order chi connectivity index (χ0) is 7.52. The molecule has 0 heterocycles. The average molecular weight is 167 g/mol. The van der Waals surface area contributed by atoms with Crippen LogP contribution < -0.4 is 6.15 Å². The molecule has 0 aromatic heterocycles. The van der Waals surface area contributed by atoms with E-state index in [4.69, 9.17) is 0 Å². The molecule has 12 heavy (non-hydrogen) atoms. The lowest BCUT2D eigenvalue weighted by molar-refractivity contribution is 0.473. The molecule has 0 spiro atoms. The van der Waals surface area contributed by atoms with E-state index in [1.807, 2.05) is 5.57 Å². The van der Waals surface area contributed by atoms with Gasteiger partial charge in [-0.05, 0) is 44.4 Å². The van der Waals surface area contributed by atoms with Gasteiger partial charge in [0.1, 0.15) is 0 Å². The van der Waals surface area contributed by atoms with Gasteiger partial charge in [0.25, 0.3) is 0 Å². The standard InChI is InChI=1S/C11H18.H3N/c1-2-6-10-8-4-5-9-11(10)7-3-1;/h8,11H,1-7,9H2;1H3. The molecule has 70 valence electrons. The van der Waals surface area contributed by atoms with Crippen LogP contribution in [0.3, 0.4) is 0 Å². The highest BCUT2D eigenvalue weighted by Crippen LogP contribution is 2.34. The van der Waals surface area contributed by atoms with Crippen LogP contribution in [0.2, 0.25) is 0 Å². The van der Waals surface area contributed by atoms with Crippen LogP contribution in [0.1, 0.15) is 51.4 Å². The molecule has 2 aliphatic rings. The molecule has 3 N–H and O–H groups in total. The second-order valence-electron chi connectivity index (χ2n) is 4.01. The van der Waals surface area contributed by atoms with E-state index < -0.39 is 0 Å². The van der Waals surface area contributed by atoms with Crippen LogP contribution in [-0.2, 0) is 0 Å². The van der Waals surface area contributed by atoms with Crippen LogP contribution in [0.5, 0.6) is 0 Å². The Kier molecular flexibility index (Phi) is 3.80. The van der Waals surface area contributed by atoms with Crippen molar-refractivity contribution in [3.8, 4) is 0 Å². The Morgan fingerprint density at radius 2 is 1.83 bits per heavy atom. The molecule has 0 saturated heterocycles. The molecule has 0 aromatic carbocycles. The van der Waals surface area contributed by atoms with Crippen molar-refractivity contribution in [2.75, 3.05) is 0 Å². The number of hydrogen-bond acceptors (Lipinski definition) is 1. The molecule has 1 unspecified atom stereocenters. The first-order chi connectivity index (χ1) is 5.47. The maximum atomic E-state index is 2.53. The predicted molar refractivity (Wildman–Crippen MR) is 53.5 cm³/mol. The molecule has 0 aromatic rings. The quantitative estimate of drug-likeness (QED) is 0.546. The maximum absolute atomic E-state index is 2.53. The summed E-state index contributed by atoms with van der Waals surface area (Å²) < 4.78 is 0. The zero-order valence-electron chi connectivity index (χ0n) is 8.02. The van der Waals surface area contributed by atoms with E-state index in [9.17, 15) is 0 Å². The number of rotatable bonds is 0. The Labute approximate surface area is 75.8 Å². The summed E-state index contributed by atoms with van der Waals surface area (Å²) >= 11 is 0. The maximum Gasteiger partial charge on any atom is -0.0203 e.